The zero-order valence-electron chi connectivity index (χ0n) is 20.7. The van der Waals surface area contributed by atoms with Crippen molar-refractivity contribution in [3.05, 3.63) is 52.3 Å². The molecule has 35 heavy (non-hydrogen) atoms. The Labute approximate surface area is 211 Å². The summed E-state index contributed by atoms with van der Waals surface area (Å²) in [5, 5.41) is 0.507. The molecule has 1 saturated heterocycles. The van der Waals surface area contributed by atoms with Gasteiger partial charge in [0.25, 0.3) is 0 Å². The van der Waals surface area contributed by atoms with Crippen LogP contribution in [0.15, 0.2) is 30.3 Å². The van der Waals surface area contributed by atoms with Crippen molar-refractivity contribution in [1.29, 1.82) is 0 Å². The van der Waals surface area contributed by atoms with Gasteiger partial charge in [0.2, 0.25) is 5.91 Å². The van der Waals surface area contributed by atoms with E-state index in [-0.39, 0.29) is 23.4 Å². The lowest BCUT2D eigenvalue weighted by molar-refractivity contribution is -0.136. The number of hydrogen-bond donors (Lipinski definition) is 0. The van der Waals surface area contributed by atoms with Crippen LogP contribution in [0.3, 0.4) is 0 Å². The molecule has 0 bridgehead atoms. The molecule has 0 aliphatic carbocycles. The average Bonchev–Trinajstić information content (AvgIpc) is 3.14. The van der Waals surface area contributed by atoms with Crippen molar-refractivity contribution >= 4 is 17.5 Å². The maximum atomic E-state index is 14.1. The lowest BCUT2D eigenvalue weighted by Crippen LogP contribution is -2.39. The van der Waals surface area contributed by atoms with Gasteiger partial charge in [-0.15, -0.1) is 0 Å². The van der Waals surface area contributed by atoms with Crippen LogP contribution < -0.4 is 14.2 Å². The van der Waals surface area contributed by atoms with E-state index in [9.17, 15) is 9.18 Å². The molecule has 0 saturated carbocycles. The third-order valence-electron chi connectivity index (χ3n) is 6.40. The van der Waals surface area contributed by atoms with Crippen LogP contribution in [-0.2, 0) is 17.9 Å². The molecule has 0 N–H and O–H groups in total. The maximum absolute atomic E-state index is 14.1. The molecule has 4 rings (SSSR count). The molecule has 6 nitrogen and oxygen atoms in total. The van der Waals surface area contributed by atoms with Crippen LogP contribution in [0.2, 0.25) is 5.02 Å². The van der Waals surface area contributed by atoms with E-state index in [0.717, 1.165) is 30.5 Å². The van der Waals surface area contributed by atoms with Crippen LogP contribution in [0.1, 0.15) is 37.8 Å². The van der Waals surface area contributed by atoms with Gasteiger partial charge in [-0.25, -0.2) is 4.39 Å². The standard InChI is InChI=1S/C27H34ClFN2O4/c1-18(2)14-31(15-19-12-22(28)26-24(13-19)34-10-5-11-35-26)27(32)21-8-9-30(17-21)16-20-6-4-7-23(29)25(20)33-3/h4,6-7,12-13,18,21H,5,8-11,14-17H2,1-3H3/t21-/m1/s1. The lowest BCUT2D eigenvalue weighted by Gasteiger charge is -2.28. The fourth-order valence-electron chi connectivity index (χ4n) is 4.85. The molecule has 0 aromatic heterocycles. The number of para-hydroxylation sites is 1. The van der Waals surface area contributed by atoms with E-state index in [1.165, 1.54) is 13.2 Å². The number of fused-ring (bicyclic) bond motifs is 1. The monoisotopic (exact) mass is 504 g/mol. The summed E-state index contributed by atoms with van der Waals surface area (Å²) in [4.78, 5) is 17.7. The summed E-state index contributed by atoms with van der Waals surface area (Å²) in [6, 6.07) is 8.76. The normalized spacial score (nSPS) is 17.9. The Balaban J connectivity index is 1.46. The molecular weight excluding hydrogens is 471 g/mol. The smallest absolute Gasteiger partial charge is 0.227 e. The molecular formula is C27H34ClFN2O4. The molecule has 0 unspecified atom stereocenters. The van der Waals surface area contributed by atoms with Crippen LogP contribution in [0.25, 0.3) is 0 Å². The van der Waals surface area contributed by atoms with E-state index < -0.39 is 0 Å². The summed E-state index contributed by atoms with van der Waals surface area (Å²) in [6.07, 6.45) is 1.57. The highest BCUT2D eigenvalue weighted by Crippen LogP contribution is 2.38. The summed E-state index contributed by atoms with van der Waals surface area (Å²) >= 11 is 6.50. The minimum Gasteiger partial charge on any atom is -0.493 e. The van der Waals surface area contributed by atoms with Crippen molar-refractivity contribution in [3.63, 3.8) is 0 Å². The van der Waals surface area contributed by atoms with Gasteiger partial charge in [0, 0.05) is 38.2 Å². The number of halogens is 2. The zero-order chi connectivity index (χ0) is 24.9. The third kappa shape index (κ3) is 6.19. The molecule has 1 fully saturated rings. The summed E-state index contributed by atoms with van der Waals surface area (Å²) in [5.41, 5.74) is 1.72. The fraction of sp³-hybridized carbons (Fsp3) is 0.519. The second-order valence-electron chi connectivity index (χ2n) is 9.72. The van der Waals surface area contributed by atoms with E-state index in [2.05, 4.69) is 18.7 Å². The Kier molecular flexibility index (Phi) is 8.39. The summed E-state index contributed by atoms with van der Waals surface area (Å²) in [6.45, 7) is 8.44. The molecule has 1 amide bonds. The number of ether oxygens (including phenoxy) is 3. The van der Waals surface area contributed by atoms with Gasteiger partial charge in [-0.2, -0.15) is 0 Å². The van der Waals surface area contributed by atoms with Crippen LogP contribution in [-0.4, -0.2) is 55.7 Å². The highest BCUT2D eigenvalue weighted by molar-refractivity contribution is 6.32. The summed E-state index contributed by atoms with van der Waals surface area (Å²) < 4.78 is 30.9. The molecule has 2 aromatic rings. The van der Waals surface area contributed by atoms with Crippen molar-refractivity contribution in [3.8, 4) is 17.2 Å². The second-order valence-corrected chi connectivity index (χ2v) is 10.1. The number of amides is 1. The van der Waals surface area contributed by atoms with Gasteiger partial charge in [-0.05, 0) is 42.6 Å². The van der Waals surface area contributed by atoms with Gasteiger partial charge in [-0.1, -0.05) is 37.6 Å². The number of hydrogen-bond acceptors (Lipinski definition) is 5. The number of carbonyl (C=O) groups is 1. The van der Waals surface area contributed by atoms with Crippen molar-refractivity contribution in [1.82, 2.24) is 9.80 Å². The van der Waals surface area contributed by atoms with Gasteiger partial charge in [0.1, 0.15) is 0 Å². The van der Waals surface area contributed by atoms with E-state index in [4.69, 9.17) is 25.8 Å². The predicted molar refractivity (Wildman–Crippen MR) is 134 cm³/mol. The largest absolute Gasteiger partial charge is 0.493 e. The van der Waals surface area contributed by atoms with Crippen LogP contribution >= 0.6 is 11.6 Å². The Bertz CT molecular complexity index is 1050. The average molecular weight is 505 g/mol. The SMILES string of the molecule is COc1c(F)cccc1CN1CC[C@@H](C(=O)N(Cc2cc(Cl)c3c(c2)OCCCO3)CC(C)C)C1. The first-order valence-corrected chi connectivity index (χ1v) is 12.6. The second kappa shape index (κ2) is 11.5. The molecule has 0 spiro atoms. The number of nitrogens with zero attached hydrogens (tertiary/aromatic N) is 2. The Morgan fingerprint density at radius 2 is 2.09 bits per heavy atom. The van der Waals surface area contributed by atoms with E-state index >= 15 is 0 Å². The Hall–Kier alpha value is -2.51. The number of likely N-dealkylation sites (tertiary alicyclic amines) is 1. The van der Waals surface area contributed by atoms with Gasteiger partial charge in [0.05, 0.1) is 31.3 Å². The Morgan fingerprint density at radius 1 is 1.29 bits per heavy atom. The van der Waals surface area contributed by atoms with Crippen molar-refractivity contribution < 1.29 is 23.4 Å². The molecule has 0 radical (unpaired) electrons. The third-order valence-corrected chi connectivity index (χ3v) is 6.68. The highest BCUT2D eigenvalue weighted by atomic mass is 35.5. The minimum absolute atomic E-state index is 0.107. The molecule has 2 aliphatic rings. The van der Waals surface area contributed by atoms with Crippen LogP contribution in [0, 0.1) is 17.7 Å². The Morgan fingerprint density at radius 3 is 2.86 bits per heavy atom. The van der Waals surface area contributed by atoms with Gasteiger partial charge >= 0.3 is 0 Å². The first kappa shape index (κ1) is 25.6. The summed E-state index contributed by atoms with van der Waals surface area (Å²) in [7, 11) is 1.48. The van der Waals surface area contributed by atoms with Crippen molar-refractivity contribution in [2.75, 3.05) is 40.0 Å². The molecule has 2 aliphatic heterocycles. The van der Waals surface area contributed by atoms with Gasteiger partial charge in [0.15, 0.2) is 23.1 Å². The molecule has 2 heterocycles. The lowest BCUT2D eigenvalue weighted by atomic mass is 10.0. The van der Waals surface area contributed by atoms with E-state index in [0.29, 0.717) is 61.8 Å². The first-order chi connectivity index (χ1) is 16.9. The minimum atomic E-state index is -0.367. The molecule has 2 aromatic carbocycles. The predicted octanol–water partition coefficient (Wildman–Crippen LogP) is 5.16. The topological polar surface area (TPSA) is 51.2 Å². The van der Waals surface area contributed by atoms with Gasteiger partial charge in [-0.3, -0.25) is 9.69 Å². The molecule has 8 heteroatoms. The van der Waals surface area contributed by atoms with Crippen LogP contribution in [0.5, 0.6) is 17.2 Å². The molecule has 190 valence electrons. The van der Waals surface area contributed by atoms with Gasteiger partial charge < -0.3 is 19.1 Å². The van der Waals surface area contributed by atoms with E-state index in [1.807, 2.05) is 23.1 Å². The fourth-order valence-corrected chi connectivity index (χ4v) is 5.14. The quantitative estimate of drug-likeness (QED) is 0.497. The summed E-state index contributed by atoms with van der Waals surface area (Å²) in [5.74, 6) is 1.47. The number of carbonyl (C=O) groups excluding carboxylic acids is 1. The number of rotatable bonds is 8. The maximum Gasteiger partial charge on any atom is 0.227 e. The van der Waals surface area contributed by atoms with Crippen molar-refractivity contribution in [2.45, 2.75) is 39.8 Å². The highest BCUT2D eigenvalue weighted by Gasteiger charge is 2.32. The van der Waals surface area contributed by atoms with Crippen LogP contribution in [0.4, 0.5) is 4.39 Å². The number of benzene rings is 2. The zero-order valence-corrected chi connectivity index (χ0v) is 21.4. The molecule has 1 atom stereocenters. The van der Waals surface area contributed by atoms with E-state index in [1.54, 1.807) is 6.07 Å². The first-order valence-electron chi connectivity index (χ1n) is 12.3. The van der Waals surface area contributed by atoms with Crippen molar-refractivity contribution in [2.24, 2.45) is 11.8 Å². The number of methoxy groups -OCH3 is 1.